The van der Waals surface area contributed by atoms with Gasteiger partial charge in [0.1, 0.15) is 8.22 Å². The van der Waals surface area contributed by atoms with Crippen LogP contribution in [0, 0.1) is 0 Å². The van der Waals surface area contributed by atoms with Crippen LogP contribution in [0.2, 0.25) is 0 Å². The lowest BCUT2D eigenvalue weighted by atomic mass is 9.82. The molecule has 37 heavy (non-hydrogen) atoms. The Kier molecular flexibility index (Phi) is 5.29. The van der Waals surface area contributed by atoms with E-state index in [1.807, 2.05) is 0 Å². The van der Waals surface area contributed by atoms with Crippen LogP contribution in [0.3, 0.4) is 0 Å². The molecule has 0 amide bonds. The number of halogens is 1. The molecule has 1 unspecified atom stereocenters. The van der Waals surface area contributed by atoms with Crippen molar-refractivity contribution < 1.29 is 0 Å². The number of anilines is 4. The Morgan fingerprint density at radius 3 is 2.05 bits per heavy atom. The van der Waals surface area contributed by atoms with Gasteiger partial charge in [-0.3, -0.25) is 9.34 Å². The molecule has 0 bridgehead atoms. The van der Waals surface area contributed by atoms with E-state index in [9.17, 15) is 0 Å². The van der Waals surface area contributed by atoms with Crippen molar-refractivity contribution in [2.75, 3.05) is 9.34 Å². The minimum atomic E-state index is -0.940. The molecule has 2 nitrogen and oxygen atoms in total. The van der Waals surface area contributed by atoms with Crippen molar-refractivity contribution in [1.82, 2.24) is 0 Å². The van der Waals surface area contributed by atoms with Gasteiger partial charge in [0.25, 0.3) is 0 Å². The van der Waals surface area contributed by atoms with Crippen LogP contribution in [0.4, 0.5) is 22.7 Å². The fraction of sp³-hybridized carbons (Fsp3) is 0.0909. The Morgan fingerprint density at radius 2 is 1.27 bits per heavy atom. The molecule has 7 rings (SSSR count). The third-order valence-corrected chi connectivity index (χ3v) is 10.5. The molecule has 0 aromatic heterocycles. The van der Waals surface area contributed by atoms with Gasteiger partial charge in [-0.2, -0.15) is 0 Å². The van der Waals surface area contributed by atoms with E-state index in [0.717, 1.165) is 4.47 Å². The summed E-state index contributed by atoms with van der Waals surface area (Å²) in [5.74, 6) is 0. The Bertz CT molecular complexity index is 1630. The second kappa shape index (κ2) is 8.58. The molecule has 0 saturated heterocycles. The predicted molar refractivity (Wildman–Crippen MR) is 162 cm³/mol. The van der Waals surface area contributed by atoms with E-state index in [0.29, 0.717) is 0 Å². The van der Waals surface area contributed by atoms with Crippen molar-refractivity contribution in [3.8, 4) is 11.1 Å². The van der Waals surface area contributed by atoms with Crippen LogP contribution in [-0.2, 0) is 5.41 Å². The largest absolute Gasteiger partial charge is 0.296 e. The summed E-state index contributed by atoms with van der Waals surface area (Å²) in [6.07, 6.45) is 0. The molecule has 180 valence electrons. The van der Waals surface area contributed by atoms with Gasteiger partial charge in [-0.1, -0.05) is 115 Å². The summed E-state index contributed by atoms with van der Waals surface area (Å²) in [5, 5.41) is 1.32. The average Bonchev–Trinajstić information content (AvgIpc) is 3.39. The third-order valence-electron chi connectivity index (χ3n) is 7.57. The fourth-order valence-electron chi connectivity index (χ4n) is 5.89. The van der Waals surface area contributed by atoms with Crippen LogP contribution in [0.25, 0.3) is 11.1 Å². The fourth-order valence-corrected chi connectivity index (χ4v) is 8.78. The molecule has 1 heterocycles. The molecule has 0 fully saturated rings. The van der Waals surface area contributed by atoms with Gasteiger partial charge >= 0.3 is 0 Å². The molecule has 0 saturated carbocycles. The highest BCUT2D eigenvalue weighted by Crippen LogP contribution is 2.67. The lowest BCUT2D eigenvalue weighted by molar-refractivity contribution is 0.660. The van der Waals surface area contributed by atoms with Gasteiger partial charge in [0.15, 0.2) is 0 Å². The molecular formula is C33H26BrN2P. The summed E-state index contributed by atoms with van der Waals surface area (Å²) in [5.41, 5.74) is 10.4. The molecule has 0 N–H and O–H groups in total. The van der Waals surface area contributed by atoms with E-state index >= 15 is 0 Å². The first-order valence-electron chi connectivity index (χ1n) is 12.6. The number of nitrogens with zero attached hydrogens (tertiary/aromatic N) is 2. The first-order chi connectivity index (χ1) is 18.1. The number of fused-ring (bicyclic) bond motifs is 4. The highest BCUT2D eigenvalue weighted by atomic mass is 79.9. The van der Waals surface area contributed by atoms with Gasteiger partial charge in [0, 0.05) is 26.4 Å². The number of hydrogen-bond acceptors (Lipinski definition) is 2. The van der Waals surface area contributed by atoms with Gasteiger partial charge < -0.3 is 0 Å². The summed E-state index contributed by atoms with van der Waals surface area (Å²) >= 11 is 3.77. The second-order valence-corrected chi connectivity index (χ2v) is 12.9. The standard InChI is InChI=1S/C33H26BrN2P/c1-33(2)27-17-10-9-16-26(27)32-28(33)18-11-19-30(32)36-29-21-20-23(34)22-31(29)35(24-12-5-3-6-13-24)37(36)25-14-7-4-8-15-25/h3-22H,1-2H3. The van der Waals surface area contributed by atoms with Crippen LogP contribution >= 0.6 is 24.2 Å². The average molecular weight is 561 g/mol. The van der Waals surface area contributed by atoms with Gasteiger partial charge in [-0.15, -0.1) is 0 Å². The van der Waals surface area contributed by atoms with Crippen molar-refractivity contribution in [1.29, 1.82) is 0 Å². The van der Waals surface area contributed by atoms with Crippen molar-refractivity contribution >= 4 is 52.2 Å². The zero-order valence-corrected chi connectivity index (χ0v) is 23.2. The number of rotatable bonds is 3. The second-order valence-electron chi connectivity index (χ2n) is 10.1. The lowest BCUT2D eigenvalue weighted by Crippen LogP contribution is -2.22. The monoisotopic (exact) mass is 560 g/mol. The molecule has 1 aliphatic heterocycles. The highest BCUT2D eigenvalue weighted by Gasteiger charge is 2.43. The van der Waals surface area contributed by atoms with Crippen LogP contribution in [-0.4, -0.2) is 0 Å². The normalized spacial score (nSPS) is 16.9. The summed E-state index contributed by atoms with van der Waals surface area (Å²) in [6, 6.07) is 44.3. The Morgan fingerprint density at radius 1 is 0.595 bits per heavy atom. The minimum Gasteiger partial charge on any atom is -0.296 e. The van der Waals surface area contributed by atoms with Crippen LogP contribution in [0.1, 0.15) is 25.0 Å². The molecule has 0 spiro atoms. The zero-order valence-electron chi connectivity index (χ0n) is 20.8. The number of hydrogen-bond donors (Lipinski definition) is 0. The van der Waals surface area contributed by atoms with E-state index < -0.39 is 8.22 Å². The van der Waals surface area contributed by atoms with Gasteiger partial charge in [0.05, 0.1) is 17.1 Å². The quantitative estimate of drug-likeness (QED) is 0.202. The topological polar surface area (TPSA) is 6.48 Å². The predicted octanol–water partition coefficient (Wildman–Crippen LogP) is 9.68. The Balaban J connectivity index is 1.54. The summed E-state index contributed by atoms with van der Waals surface area (Å²) in [7, 11) is -0.940. The molecule has 2 aliphatic rings. The highest BCUT2D eigenvalue weighted by molar-refractivity contribution is 9.10. The van der Waals surface area contributed by atoms with Crippen molar-refractivity contribution in [2.45, 2.75) is 19.3 Å². The van der Waals surface area contributed by atoms with Crippen LogP contribution in [0.15, 0.2) is 126 Å². The Labute approximate surface area is 228 Å². The number of para-hydroxylation sites is 1. The van der Waals surface area contributed by atoms with Crippen molar-refractivity contribution in [3.05, 3.63) is 137 Å². The van der Waals surface area contributed by atoms with Gasteiger partial charge in [-0.05, 0) is 53.1 Å². The van der Waals surface area contributed by atoms with Crippen LogP contribution in [0.5, 0.6) is 0 Å². The zero-order chi connectivity index (χ0) is 25.1. The summed E-state index contributed by atoms with van der Waals surface area (Å²) < 4.78 is 6.23. The van der Waals surface area contributed by atoms with E-state index in [2.05, 4.69) is 160 Å². The van der Waals surface area contributed by atoms with Crippen molar-refractivity contribution in [3.63, 3.8) is 0 Å². The van der Waals surface area contributed by atoms with Crippen molar-refractivity contribution in [2.24, 2.45) is 0 Å². The maximum atomic E-state index is 3.77. The third kappa shape index (κ3) is 3.41. The molecule has 1 aliphatic carbocycles. The summed E-state index contributed by atoms with van der Waals surface area (Å²) in [6.45, 7) is 4.71. The first kappa shape index (κ1) is 22.8. The molecule has 4 heteroatoms. The molecule has 0 radical (unpaired) electrons. The van der Waals surface area contributed by atoms with E-state index in [-0.39, 0.29) is 5.41 Å². The minimum absolute atomic E-state index is 0.0428. The van der Waals surface area contributed by atoms with Crippen LogP contribution < -0.4 is 14.6 Å². The molecule has 5 aromatic rings. The van der Waals surface area contributed by atoms with E-state index in [1.54, 1.807) is 0 Å². The maximum absolute atomic E-state index is 3.77. The van der Waals surface area contributed by atoms with Gasteiger partial charge in [0.2, 0.25) is 0 Å². The molecule has 5 aromatic carbocycles. The van der Waals surface area contributed by atoms with E-state index in [4.69, 9.17) is 0 Å². The lowest BCUT2D eigenvalue weighted by Gasteiger charge is -2.34. The first-order valence-corrected chi connectivity index (χ1v) is 14.6. The maximum Gasteiger partial charge on any atom is 0.138 e. The SMILES string of the molecule is CC1(C)c2ccccc2-c2c(N3c4ccc(Br)cc4N(c4ccccc4)P3c3ccccc3)cccc21. The summed E-state index contributed by atoms with van der Waals surface area (Å²) in [4.78, 5) is 0. The molecule has 1 atom stereocenters. The van der Waals surface area contributed by atoms with Gasteiger partial charge in [-0.25, -0.2) is 0 Å². The smallest absolute Gasteiger partial charge is 0.138 e. The molecular weight excluding hydrogens is 535 g/mol. The van der Waals surface area contributed by atoms with E-state index in [1.165, 1.54) is 50.3 Å². The number of benzene rings is 5. The Hall–Kier alpha value is -3.39.